The van der Waals surface area contributed by atoms with E-state index in [9.17, 15) is 18.4 Å². The highest BCUT2D eigenvalue weighted by molar-refractivity contribution is 5.94. The van der Waals surface area contributed by atoms with E-state index in [-0.39, 0.29) is 26.1 Å². The number of carbonyl (C=O) groups excluding carboxylic acids is 1. The fraction of sp³-hybridized carbons (Fsp3) is 0.385. The second-order valence-corrected chi connectivity index (χ2v) is 4.44. The van der Waals surface area contributed by atoms with Crippen LogP contribution < -0.4 is 0 Å². The van der Waals surface area contributed by atoms with Crippen molar-refractivity contribution in [2.24, 2.45) is 0 Å². The van der Waals surface area contributed by atoms with E-state index >= 15 is 0 Å². The third-order valence-corrected chi connectivity index (χ3v) is 3.00. The van der Waals surface area contributed by atoms with Crippen LogP contribution >= 0.6 is 0 Å². The molecule has 5 nitrogen and oxygen atoms in total. The summed E-state index contributed by atoms with van der Waals surface area (Å²) in [6.45, 7) is 0.307. The third kappa shape index (κ3) is 3.11. The van der Waals surface area contributed by atoms with Crippen LogP contribution in [0.2, 0.25) is 0 Å². The fourth-order valence-electron chi connectivity index (χ4n) is 2.08. The summed E-state index contributed by atoms with van der Waals surface area (Å²) in [5.41, 5.74) is -0.622. The van der Waals surface area contributed by atoms with Gasteiger partial charge in [-0.25, -0.2) is 8.78 Å². The average Bonchev–Trinajstić information content (AvgIpc) is 2.38. The molecule has 0 saturated carbocycles. The highest BCUT2D eigenvalue weighted by atomic mass is 19.1. The Balaban J connectivity index is 2.14. The number of aliphatic carboxylic acids is 1. The Morgan fingerprint density at radius 1 is 1.35 bits per heavy atom. The van der Waals surface area contributed by atoms with Gasteiger partial charge in [0.25, 0.3) is 5.91 Å². The average molecular weight is 285 g/mol. The monoisotopic (exact) mass is 285 g/mol. The molecule has 1 N–H and O–H groups in total. The van der Waals surface area contributed by atoms with E-state index in [1.807, 2.05) is 0 Å². The number of benzene rings is 1. The molecule has 0 spiro atoms. The minimum Gasteiger partial charge on any atom is -0.481 e. The number of carboxylic acids is 1. The molecule has 0 aliphatic carbocycles. The molecular weight excluding hydrogens is 272 g/mol. The van der Waals surface area contributed by atoms with Gasteiger partial charge in [-0.05, 0) is 12.1 Å². The van der Waals surface area contributed by atoms with Crippen LogP contribution in [-0.2, 0) is 9.53 Å². The maximum absolute atomic E-state index is 13.6. The zero-order valence-corrected chi connectivity index (χ0v) is 10.5. The lowest BCUT2D eigenvalue weighted by Crippen LogP contribution is -2.46. The summed E-state index contributed by atoms with van der Waals surface area (Å²) in [7, 11) is 0. The van der Waals surface area contributed by atoms with Gasteiger partial charge in [-0.1, -0.05) is 6.07 Å². The first kappa shape index (κ1) is 14.4. The Kier molecular flexibility index (Phi) is 4.29. The van der Waals surface area contributed by atoms with Gasteiger partial charge >= 0.3 is 5.97 Å². The van der Waals surface area contributed by atoms with Crippen LogP contribution in [0.5, 0.6) is 0 Å². The number of carboxylic acid groups (broad SMARTS) is 1. The zero-order valence-electron chi connectivity index (χ0n) is 10.5. The molecule has 0 bridgehead atoms. The van der Waals surface area contributed by atoms with Crippen LogP contribution in [0.1, 0.15) is 16.8 Å². The SMILES string of the molecule is O=C(O)CC1CN(C(=O)c2c(F)cccc2F)CCO1. The number of carbonyl (C=O) groups is 2. The van der Waals surface area contributed by atoms with Crippen molar-refractivity contribution in [3.63, 3.8) is 0 Å². The van der Waals surface area contributed by atoms with Gasteiger partial charge in [-0.15, -0.1) is 0 Å². The molecule has 1 heterocycles. The topological polar surface area (TPSA) is 66.8 Å². The number of hydrogen-bond donors (Lipinski definition) is 1. The minimum atomic E-state index is -1.05. The van der Waals surface area contributed by atoms with Crippen LogP contribution in [0.25, 0.3) is 0 Å². The first-order valence-electron chi connectivity index (χ1n) is 6.05. The lowest BCUT2D eigenvalue weighted by atomic mass is 10.1. The van der Waals surface area contributed by atoms with Gasteiger partial charge in [-0.2, -0.15) is 0 Å². The molecule has 0 radical (unpaired) electrons. The van der Waals surface area contributed by atoms with Crippen LogP contribution in [0, 0.1) is 11.6 Å². The molecule has 1 amide bonds. The highest BCUT2D eigenvalue weighted by Gasteiger charge is 2.29. The molecule has 1 aliphatic heterocycles. The molecular formula is C13H13F2NO4. The van der Waals surface area contributed by atoms with Crippen molar-refractivity contribution in [2.45, 2.75) is 12.5 Å². The van der Waals surface area contributed by atoms with Crippen molar-refractivity contribution in [3.05, 3.63) is 35.4 Å². The van der Waals surface area contributed by atoms with Crippen molar-refractivity contribution in [2.75, 3.05) is 19.7 Å². The van der Waals surface area contributed by atoms with Gasteiger partial charge in [0.2, 0.25) is 0 Å². The largest absolute Gasteiger partial charge is 0.481 e. The first-order valence-corrected chi connectivity index (χ1v) is 6.05. The van der Waals surface area contributed by atoms with Crippen LogP contribution in [0.3, 0.4) is 0 Å². The minimum absolute atomic E-state index is 0.00108. The molecule has 108 valence electrons. The van der Waals surface area contributed by atoms with E-state index in [0.717, 1.165) is 12.1 Å². The number of rotatable bonds is 3. The lowest BCUT2D eigenvalue weighted by Gasteiger charge is -2.32. The van der Waals surface area contributed by atoms with Crippen molar-refractivity contribution in [1.82, 2.24) is 4.90 Å². The van der Waals surface area contributed by atoms with E-state index in [4.69, 9.17) is 9.84 Å². The molecule has 1 fully saturated rings. The molecule has 7 heteroatoms. The molecule has 0 aromatic heterocycles. The summed E-state index contributed by atoms with van der Waals surface area (Å²) in [4.78, 5) is 23.9. The predicted molar refractivity (Wildman–Crippen MR) is 64.3 cm³/mol. The molecule has 1 atom stereocenters. The Labute approximate surface area is 113 Å². The molecule has 20 heavy (non-hydrogen) atoms. The summed E-state index contributed by atoms with van der Waals surface area (Å²) >= 11 is 0. The molecule has 2 rings (SSSR count). The van der Waals surface area contributed by atoms with Gasteiger partial charge in [0, 0.05) is 13.1 Å². The number of ether oxygens (including phenoxy) is 1. The summed E-state index contributed by atoms with van der Waals surface area (Å²) < 4.78 is 32.3. The maximum Gasteiger partial charge on any atom is 0.306 e. The zero-order chi connectivity index (χ0) is 14.7. The first-order chi connectivity index (χ1) is 9.49. The quantitative estimate of drug-likeness (QED) is 0.908. The van der Waals surface area contributed by atoms with Crippen LogP contribution in [0.4, 0.5) is 8.78 Å². The number of hydrogen-bond acceptors (Lipinski definition) is 3. The van der Waals surface area contributed by atoms with Crippen molar-refractivity contribution >= 4 is 11.9 Å². The van der Waals surface area contributed by atoms with Gasteiger partial charge < -0.3 is 14.7 Å². The van der Waals surface area contributed by atoms with Crippen molar-refractivity contribution < 1.29 is 28.2 Å². The standard InChI is InChI=1S/C13H13F2NO4/c14-9-2-1-3-10(15)12(9)13(19)16-4-5-20-8(7-16)6-11(17)18/h1-3,8H,4-7H2,(H,17,18). The number of amides is 1. The summed E-state index contributed by atoms with van der Waals surface area (Å²) in [6.07, 6.45) is -0.927. The van der Waals surface area contributed by atoms with E-state index in [0.29, 0.717) is 0 Å². The van der Waals surface area contributed by atoms with E-state index < -0.39 is 35.2 Å². The van der Waals surface area contributed by atoms with Gasteiger partial charge in [-0.3, -0.25) is 9.59 Å². The highest BCUT2D eigenvalue weighted by Crippen LogP contribution is 2.17. The molecule has 1 saturated heterocycles. The molecule has 1 aromatic rings. The van der Waals surface area contributed by atoms with Gasteiger partial charge in [0.15, 0.2) is 0 Å². The molecule has 1 aliphatic rings. The van der Waals surface area contributed by atoms with E-state index in [1.165, 1.54) is 11.0 Å². The van der Waals surface area contributed by atoms with Crippen molar-refractivity contribution in [1.29, 1.82) is 0 Å². The van der Waals surface area contributed by atoms with Crippen LogP contribution in [0.15, 0.2) is 18.2 Å². The van der Waals surface area contributed by atoms with E-state index in [1.54, 1.807) is 0 Å². The number of halogens is 2. The number of morpholine rings is 1. The Hall–Kier alpha value is -2.02. The Morgan fingerprint density at radius 3 is 2.60 bits per heavy atom. The smallest absolute Gasteiger partial charge is 0.306 e. The number of nitrogens with zero attached hydrogens (tertiary/aromatic N) is 1. The van der Waals surface area contributed by atoms with E-state index in [2.05, 4.69) is 0 Å². The predicted octanol–water partition coefficient (Wildman–Crippen LogP) is 1.28. The second-order valence-electron chi connectivity index (χ2n) is 4.44. The normalized spacial score (nSPS) is 18.9. The van der Waals surface area contributed by atoms with Gasteiger partial charge in [0.05, 0.1) is 19.1 Å². The Bertz CT molecular complexity index is 515. The second kappa shape index (κ2) is 5.96. The Morgan fingerprint density at radius 2 is 2.00 bits per heavy atom. The summed E-state index contributed by atoms with van der Waals surface area (Å²) in [5, 5.41) is 8.69. The summed E-state index contributed by atoms with van der Waals surface area (Å²) in [6, 6.07) is 3.19. The third-order valence-electron chi connectivity index (χ3n) is 3.00. The van der Waals surface area contributed by atoms with Crippen LogP contribution in [-0.4, -0.2) is 47.7 Å². The fourth-order valence-corrected chi connectivity index (χ4v) is 2.08. The van der Waals surface area contributed by atoms with Gasteiger partial charge in [0.1, 0.15) is 17.2 Å². The molecule has 1 unspecified atom stereocenters. The van der Waals surface area contributed by atoms with Crippen molar-refractivity contribution in [3.8, 4) is 0 Å². The lowest BCUT2D eigenvalue weighted by molar-refractivity contribution is -0.141. The molecule has 1 aromatic carbocycles. The summed E-state index contributed by atoms with van der Waals surface area (Å²) in [5.74, 6) is -3.71. The maximum atomic E-state index is 13.6.